The van der Waals surface area contributed by atoms with Gasteiger partial charge in [0.25, 0.3) is 0 Å². The van der Waals surface area contributed by atoms with Crippen LogP contribution in [-0.4, -0.2) is 19.4 Å². The third-order valence-electron chi connectivity index (χ3n) is 11.2. The average Bonchev–Trinajstić information content (AvgIpc) is 3.63. The van der Waals surface area contributed by atoms with Crippen molar-refractivity contribution in [2.75, 3.05) is 0 Å². The van der Waals surface area contributed by atoms with Crippen LogP contribution in [0.1, 0.15) is 143 Å². The monoisotopic (exact) mass is 802 g/mol. The number of fused-ring (bicyclic) bond motifs is 3. The topological polar surface area (TPSA) is 0 Å². The van der Waals surface area contributed by atoms with E-state index >= 15 is 0 Å². The predicted octanol–water partition coefficient (Wildman–Crippen LogP) is 13.9. The first-order valence-corrected chi connectivity index (χ1v) is 30.0. The van der Waals surface area contributed by atoms with Gasteiger partial charge in [0, 0.05) is 0 Å². The van der Waals surface area contributed by atoms with Crippen molar-refractivity contribution in [3.8, 4) is 11.1 Å². The van der Waals surface area contributed by atoms with E-state index in [-0.39, 0.29) is 24.8 Å². The van der Waals surface area contributed by atoms with Crippen molar-refractivity contribution in [2.24, 2.45) is 0 Å². The molecule has 5 heteroatoms. The molecule has 0 spiro atoms. The van der Waals surface area contributed by atoms with Crippen molar-refractivity contribution in [1.82, 2.24) is 0 Å². The quantitative estimate of drug-likeness (QED) is 0.127. The predicted molar refractivity (Wildman–Crippen MR) is 226 cm³/mol. The summed E-state index contributed by atoms with van der Waals surface area (Å²) in [6, 6.07) is 8.16. The normalized spacial score (nSPS) is 14.9. The van der Waals surface area contributed by atoms with Crippen LogP contribution in [0.4, 0.5) is 0 Å². The third kappa shape index (κ3) is 9.76. The maximum atomic E-state index is 2.78. The van der Waals surface area contributed by atoms with E-state index < -0.39 is 37.4 Å². The zero-order chi connectivity index (χ0) is 33.8. The zero-order valence-electron chi connectivity index (χ0n) is 32.9. The van der Waals surface area contributed by atoms with E-state index in [1.54, 1.807) is 44.5 Å². The fourth-order valence-corrected chi connectivity index (χ4v) is 22.4. The maximum absolute atomic E-state index is 2.78. The first-order valence-electron chi connectivity index (χ1n) is 19.2. The molecular formula is C43H70Cl2Si2Zr. The molecule has 0 saturated carbocycles. The standard InChI is InChI=1S/C29H45Si2.C9H18.C5H5.2ClH.Zr/c1-11-13-28(30(5,6)7)24-18-26-22(15-20(24)3)17-23-16-21(4)25(19-27(23)26)29(14-12-2)31(8,9)10;1-3-5-7-9-8-6-4-2;1-2-4-5-3-1;;;/h15,18-19,28-29H,11-14,17H2,1-10H3;3-8H2,1-2H3;1-3H,4H2;2*1H;. The molecule has 2 aliphatic rings. The summed E-state index contributed by atoms with van der Waals surface area (Å²) in [7, 11) is -2.81. The van der Waals surface area contributed by atoms with Gasteiger partial charge in [0.15, 0.2) is 0 Å². The molecule has 48 heavy (non-hydrogen) atoms. The van der Waals surface area contributed by atoms with Gasteiger partial charge in [-0.25, -0.2) is 0 Å². The molecule has 0 amide bonds. The van der Waals surface area contributed by atoms with Crippen LogP contribution in [0.25, 0.3) is 11.1 Å². The number of halogens is 2. The molecule has 0 N–H and O–H groups in total. The molecule has 0 nitrogen and oxygen atoms in total. The SMILES string of the molecule is CCCC[C](CCCC)=[Zr]([C]1=CC=CC1)[c]1c(C)c(C(CCC)[Si](C)(C)C)cc2c1Cc1cc(C)c(C(CCC)[Si](C)(C)C)cc1-2.Cl.Cl. The second kappa shape index (κ2) is 19.0. The number of allylic oxidation sites excluding steroid dienone is 4. The van der Waals surface area contributed by atoms with E-state index in [1.165, 1.54) is 70.6 Å². The second-order valence-corrected chi connectivity index (χ2v) is 34.2. The van der Waals surface area contributed by atoms with Gasteiger partial charge >= 0.3 is 297 Å². The smallest absolute Gasteiger partial charge is 0.147 e. The molecule has 0 radical (unpaired) electrons. The van der Waals surface area contributed by atoms with Crippen molar-refractivity contribution in [1.29, 1.82) is 0 Å². The third-order valence-corrected chi connectivity index (χ3v) is 25.0. The van der Waals surface area contributed by atoms with Gasteiger partial charge in [0.05, 0.1) is 0 Å². The zero-order valence-corrected chi connectivity index (χ0v) is 39.0. The molecule has 2 aromatic carbocycles. The Bertz CT molecular complexity index is 1480. The number of rotatable bonds is 16. The molecule has 2 aromatic rings. The minimum atomic E-state index is -2.35. The summed E-state index contributed by atoms with van der Waals surface area (Å²) in [4.78, 5) is 0. The molecule has 0 aliphatic heterocycles. The van der Waals surface area contributed by atoms with Crippen LogP contribution in [0.3, 0.4) is 0 Å². The van der Waals surface area contributed by atoms with Crippen molar-refractivity contribution >= 4 is 47.4 Å². The summed E-state index contributed by atoms with van der Waals surface area (Å²) in [5.41, 5.74) is 14.8. The van der Waals surface area contributed by atoms with Gasteiger partial charge < -0.3 is 0 Å². The molecule has 2 unspecified atom stereocenters. The summed E-state index contributed by atoms with van der Waals surface area (Å²) in [5.74, 6) is 0. The molecule has 268 valence electrons. The fraction of sp³-hybridized carbons (Fsp3) is 0.605. The Balaban J connectivity index is 0.00000400. The van der Waals surface area contributed by atoms with Gasteiger partial charge in [0.2, 0.25) is 0 Å². The number of hydrogen-bond donors (Lipinski definition) is 0. The Hall–Kier alpha value is -0.313. The summed E-state index contributed by atoms with van der Waals surface area (Å²) in [5, 5.41) is 0. The molecule has 2 aliphatic carbocycles. The minimum Gasteiger partial charge on any atom is -0.147 e. The number of unbranched alkanes of at least 4 members (excludes halogenated alkanes) is 2. The molecule has 0 bridgehead atoms. The van der Waals surface area contributed by atoms with E-state index in [4.69, 9.17) is 0 Å². The van der Waals surface area contributed by atoms with Crippen LogP contribution in [0.15, 0.2) is 39.7 Å². The second-order valence-electron chi connectivity index (χ2n) is 17.0. The van der Waals surface area contributed by atoms with Gasteiger partial charge in [-0.3, -0.25) is 0 Å². The van der Waals surface area contributed by atoms with Crippen LogP contribution >= 0.6 is 24.8 Å². The summed E-state index contributed by atoms with van der Waals surface area (Å²) >= 11 is -2.35. The Morgan fingerprint density at radius 2 is 1.27 bits per heavy atom. The minimum absolute atomic E-state index is 0. The van der Waals surface area contributed by atoms with Crippen molar-refractivity contribution < 1.29 is 21.3 Å². The summed E-state index contributed by atoms with van der Waals surface area (Å²) < 4.78 is 5.77. The van der Waals surface area contributed by atoms with Gasteiger partial charge in [-0.05, 0) is 0 Å². The Labute approximate surface area is 319 Å². The molecule has 0 aromatic heterocycles. The van der Waals surface area contributed by atoms with E-state index in [1.807, 2.05) is 9.76 Å². The number of hydrogen-bond acceptors (Lipinski definition) is 0. The van der Waals surface area contributed by atoms with E-state index in [2.05, 4.69) is 117 Å². The summed E-state index contributed by atoms with van der Waals surface area (Å²) in [6.07, 6.45) is 23.0. The largest absolute Gasteiger partial charge is 0.147 e. The molecule has 0 heterocycles. The van der Waals surface area contributed by atoms with E-state index in [0.717, 1.165) is 17.5 Å². The van der Waals surface area contributed by atoms with Crippen molar-refractivity contribution in [3.63, 3.8) is 0 Å². The van der Waals surface area contributed by atoms with Crippen LogP contribution in [0, 0.1) is 13.8 Å². The Morgan fingerprint density at radius 1 is 0.729 bits per heavy atom. The van der Waals surface area contributed by atoms with E-state index in [9.17, 15) is 0 Å². The Kier molecular flexibility index (Phi) is 17.3. The van der Waals surface area contributed by atoms with Crippen molar-refractivity contribution in [2.45, 2.75) is 169 Å². The van der Waals surface area contributed by atoms with Gasteiger partial charge in [-0.15, -0.1) is 24.8 Å². The Morgan fingerprint density at radius 3 is 1.75 bits per heavy atom. The van der Waals surface area contributed by atoms with Gasteiger partial charge in [-0.1, -0.05) is 0 Å². The first-order chi connectivity index (χ1) is 21.8. The van der Waals surface area contributed by atoms with Crippen LogP contribution in [0.2, 0.25) is 39.3 Å². The molecule has 0 saturated heterocycles. The number of aryl methyl sites for hydroxylation is 1. The molecule has 0 fully saturated rings. The molecule has 4 rings (SSSR count). The summed E-state index contributed by atoms with van der Waals surface area (Å²) in [6.45, 7) is 30.3. The average molecular weight is 805 g/mol. The molecular weight excluding hydrogens is 735 g/mol. The first kappa shape index (κ1) is 43.8. The number of benzene rings is 2. The van der Waals surface area contributed by atoms with Crippen LogP contribution in [0.5, 0.6) is 0 Å². The van der Waals surface area contributed by atoms with Crippen LogP contribution in [-0.2, 0) is 27.7 Å². The van der Waals surface area contributed by atoms with Gasteiger partial charge in [-0.2, -0.15) is 0 Å². The fourth-order valence-electron chi connectivity index (χ4n) is 8.77. The van der Waals surface area contributed by atoms with Gasteiger partial charge in [0.1, 0.15) is 0 Å². The molecule has 2 atom stereocenters. The van der Waals surface area contributed by atoms with E-state index in [0.29, 0.717) is 0 Å². The van der Waals surface area contributed by atoms with Crippen molar-refractivity contribution in [3.05, 3.63) is 73.1 Å². The maximum Gasteiger partial charge on any atom is -0.147 e. The van der Waals surface area contributed by atoms with Crippen LogP contribution < -0.4 is 3.27 Å².